The van der Waals surface area contributed by atoms with Gasteiger partial charge in [-0.2, -0.15) is 0 Å². The highest BCUT2D eigenvalue weighted by molar-refractivity contribution is 6.01. The first-order chi connectivity index (χ1) is 10.9. The molecule has 2 rings (SSSR count). The van der Waals surface area contributed by atoms with Gasteiger partial charge in [0, 0.05) is 19.7 Å². The van der Waals surface area contributed by atoms with E-state index in [0.717, 1.165) is 4.90 Å². The summed E-state index contributed by atoms with van der Waals surface area (Å²) in [6, 6.07) is 7.76. The molecule has 6 heteroatoms. The normalized spacial score (nSPS) is 18.3. The fourth-order valence-corrected chi connectivity index (χ4v) is 2.66. The largest absolute Gasteiger partial charge is 0.463 e. The predicted molar refractivity (Wildman–Crippen MR) is 84.2 cm³/mol. The molecule has 122 valence electrons. The van der Waals surface area contributed by atoms with Crippen LogP contribution in [0.3, 0.4) is 0 Å². The van der Waals surface area contributed by atoms with Crippen molar-refractivity contribution in [1.29, 1.82) is 0 Å². The molecular weight excluding hydrogens is 296 g/mol. The molecule has 1 atom stereocenters. The number of esters is 1. The van der Waals surface area contributed by atoms with Gasteiger partial charge in [0.15, 0.2) is 0 Å². The number of carbonyl (C=O) groups excluding carboxylic acids is 3. The van der Waals surface area contributed by atoms with Crippen LogP contribution in [0.15, 0.2) is 41.6 Å². The summed E-state index contributed by atoms with van der Waals surface area (Å²) >= 11 is 0. The molecule has 0 bridgehead atoms. The molecule has 1 aliphatic heterocycles. The van der Waals surface area contributed by atoms with Crippen molar-refractivity contribution in [2.75, 3.05) is 13.7 Å². The third kappa shape index (κ3) is 2.97. The number of amides is 3. The number of nitrogens with zero attached hydrogens (tertiary/aromatic N) is 2. The van der Waals surface area contributed by atoms with Crippen LogP contribution in [-0.2, 0) is 14.3 Å². The average molecular weight is 316 g/mol. The van der Waals surface area contributed by atoms with Gasteiger partial charge in [0.25, 0.3) is 0 Å². The highest BCUT2D eigenvalue weighted by Crippen LogP contribution is 2.37. The Bertz CT molecular complexity index is 666. The molecule has 6 nitrogen and oxygen atoms in total. The molecule has 0 aromatic heterocycles. The summed E-state index contributed by atoms with van der Waals surface area (Å²) in [5.41, 5.74) is 1.47. The van der Waals surface area contributed by atoms with Crippen molar-refractivity contribution in [3.05, 3.63) is 47.2 Å². The van der Waals surface area contributed by atoms with Crippen LogP contribution in [0.2, 0.25) is 0 Å². The van der Waals surface area contributed by atoms with Crippen LogP contribution < -0.4 is 0 Å². The minimum Gasteiger partial charge on any atom is -0.463 e. The van der Waals surface area contributed by atoms with Crippen LogP contribution in [-0.4, -0.2) is 41.4 Å². The van der Waals surface area contributed by atoms with E-state index in [4.69, 9.17) is 4.74 Å². The second-order valence-corrected chi connectivity index (χ2v) is 5.26. The summed E-state index contributed by atoms with van der Waals surface area (Å²) in [5, 5.41) is 0. The molecular formula is C17H20N2O4. The first kappa shape index (κ1) is 16.7. The Labute approximate surface area is 135 Å². The second kappa shape index (κ2) is 6.64. The molecule has 0 saturated heterocycles. The molecule has 23 heavy (non-hydrogen) atoms. The number of carbonyl (C=O) groups is 3. The van der Waals surface area contributed by atoms with Gasteiger partial charge in [0.1, 0.15) is 6.04 Å². The van der Waals surface area contributed by atoms with Gasteiger partial charge in [0.2, 0.25) is 5.91 Å². The highest BCUT2D eigenvalue weighted by atomic mass is 16.5. The standard InChI is InChI=1S/C17H20N2O4/c1-5-23-16(21)14-11(2)18(4)17(22)19(12(3)20)15(14)13-9-7-6-8-10-13/h6-10,15H,5H2,1-4H3/t15-/m0/s1. The van der Waals surface area contributed by atoms with Crippen molar-refractivity contribution in [3.63, 3.8) is 0 Å². The second-order valence-electron chi connectivity index (χ2n) is 5.26. The quantitative estimate of drug-likeness (QED) is 0.804. The van der Waals surface area contributed by atoms with E-state index in [9.17, 15) is 14.4 Å². The zero-order valence-electron chi connectivity index (χ0n) is 13.7. The molecule has 0 aliphatic carbocycles. The van der Waals surface area contributed by atoms with Gasteiger partial charge < -0.3 is 9.64 Å². The van der Waals surface area contributed by atoms with Crippen LogP contribution in [0, 0.1) is 0 Å². The Morgan fingerprint density at radius 2 is 1.83 bits per heavy atom. The summed E-state index contributed by atoms with van der Waals surface area (Å²) in [4.78, 5) is 39.5. The van der Waals surface area contributed by atoms with Gasteiger partial charge in [-0.3, -0.25) is 9.69 Å². The minimum absolute atomic E-state index is 0.217. The highest BCUT2D eigenvalue weighted by Gasteiger charge is 2.42. The topological polar surface area (TPSA) is 66.9 Å². The predicted octanol–water partition coefficient (Wildman–Crippen LogP) is 2.48. The molecule has 0 unspecified atom stereocenters. The van der Waals surface area contributed by atoms with E-state index < -0.39 is 23.9 Å². The number of imide groups is 1. The minimum atomic E-state index is -0.781. The zero-order valence-corrected chi connectivity index (χ0v) is 13.7. The molecule has 0 radical (unpaired) electrons. The van der Waals surface area contributed by atoms with Crippen molar-refractivity contribution < 1.29 is 19.1 Å². The lowest BCUT2D eigenvalue weighted by Crippen LogP contribution is -2.51. The molecule has 3 amide bonds. The Kier molecular flexibility index (Phi) is 4.83. The number of ether oxygens (including phenoxy) is 1. The summed E-state index contributed by atoms with van der Waals surface area (Å²) in [7, 11) is 1.54. The van der Waals surface area contributed by atoms with Gasteiger partial charge in [-0.25, -0.2) is 9.59 Å². The Balaban J connectivity index is 2.67. The smallest absolute Gasteiger partial charge is 0.338 e. The molecule has 0 saturated carbocycles. The van der Waals surface area contributed by atoms with Crippen LogP contribution >= 0.6 is 0 Å². The number of hydrogen-bond acceptors (Lipinski definition) is 4. The summed E-state index contributed by atoms with van der Waals surface area (Å²) in [6.45, 7) is 4.92. The van der Waals surface area contributed by atoms with Crippen LogP contribution in [0.4, 0.5) is 4.79 Å². The van der Waals surface area contributed by atoms with Gasteiger partial charge in [0.05, 0.1) is 12.2 Å². The Morgan fingerprint density at radius 3 is 2.35 bits per heavy atom. The maximum Gasteiger partial charge on any atom is 0.338 e. The lowest BCUT2D eigenvalue weighted by atomic mass is 9.93. The summed E-state index contributed by atoms with van der Waals surface area (Å²) in [6.07, 6.45) is 0. The van der Waals surface area contributed by atoms with Gasteiger partial charge >= 0.3 is 12.0 Å². The van der Waals surface area contributed by atoms with Gasteiger partial charge in [-0.05, 0) is 19.4 Å². The summed E-state index contributed by atoms with van der Waals surface area (Å²) < 4.78 is 5.14. The number of rotatable bonds is 3. The van der Waals surface area contributed by atoms with E-state index in [0.29, 0.717) is 16.8 Å². The van der Waals surface area contributed by atoms with Crippen LogP contribution in [0.1, 0.15) is 32.4 Å². The molecule has 0 spiro atoms. The van der Waals surface area contributed by atoms with Gasteiger partial charge in [-0.1, -0.05) is 30.3 Å². The molecule has 0 N–H and O–H groups in total. The fraction of sp³-hybridized carbons (Fsp3) is 0.353. The summed E-state index contributed by atoms with van der Waals surface area (Å²) in [5.74, 6) is -0.950. The van der Waals surface area contributed by atoms with Crippen LogP contribution in [0.5, 0.6) is 0 Å². The van der Waals surface area contributed by atoms with E-state index in [1.807, 2.05) is 6.07 Å². The molecule has 1 aromatic carbocycles. The zero-order chi connectivity index (χ0) is 17.1. The first-order valence-electron chi connectivity index (χ1n) is 7.40. The van der Waals surface area contributed by atoms with E-state index in [-0.39, 0.29) is 6.61 Å². The van der Waals surface area contributed by atoms with E-state index in [2.05, 4.69) is 0 Å². The number of urea groups is 1. The SMILES string of the molecule is CCOC(=O)C1=C(C)N(C)C(=O)N(C(C)=O)[C@H]1c1ccccc1. The molecule has 1 aliphatic rings. The number of benzene rings is 1. The van der Waals surface area contributed by atoms with Crippen molar-refractivity contribution in [3.8, 4) is 0 Å². The Morgan fingerprint density at radius 1 is 1.22 bits per heavy atom. The van der Waals surface area contributed by atoms with E-state index in [1.165, 1.54) is 18.9 Å². The lowest BCUT2D eigenvalue weighted by molar-refractivity contribution is -0.140. The van der Waals surface area contributed by atoms with Crippen molar-refractivity contribution >= 4 is 17.9 Å². The maximum atomic E-state index is 12.5. The molecule has 0 fully saturated rings. The lowest BCUT2D eigenvalue weighted by Gasteiger charge is -2.39. The first-order valence-corrected chi connectivity index (χ1v) is 7.40. The van der Waals surface area contributed by atoms with Crippen molar-refractivity contribution in [2.45, 2.75) is 26.8 Å². The van der Waals surface area contributed by atoms with Gasteiger partial charge in [-0.15, -0.1) is 0 Å². The number of hydrogen-bond donors (Lipinski definition) is 0. The maximum absolute atomic E-state index is 12.5. The molecule has 1 aromatic rings. The van der Waals surface area contributed by atoms with Crippen molar-refractivity contribution in [2.24, 2.45) is 0 Å². The molecule has 1 heterocycles. The third-order valence-electron chi connectivity index (χ3n) is 3.87. The fourth-order valence-electron chi connectivity index (χ4n) is 2.66. The van der Waals surface area contributed by atoms with Crippen LogP contribution in [0.25, 0.3) is 0 Å². The van der Waals surface area contributed by atoms with E-state index >= 15 is 0 Å². The Hall–Kier alpha value is -2.63. The average Bonchev–Trinajstić information content (AvgIpc) is 2.52. The third-order valence-corrected chi connectivity index (χ3v) is 3.87. The number of allylic oxidation sites excluding steroid dienone is 1. The van der Waals surface area contributed by atoms with E-state index in [1.54, 1.807) is 38.1 Å². The monoisotopic (exact) mass is 316 g/mol. The van der Waals surface area contributed by atoms with Crippen molar-refractivity contribution in [1.82, 2.24) is 9.80 Å².